The third-order valence-corrected chi connectivity index (χ3v) is 3.58. The number of rotatable bonds is 2. The van der Waals surface area contributed by atoms with Crippen molar-refractivity contribution in [2.45, 2.75) is 26.4 Å². The zero-order valence-corrected chi connectivity index (χ0v) is 12.3. The first-order chi connectivity index (χ1) is 9.88. The van der Waals surface area contributed by atoms with Crippen LogP contribution >= 0.6 is 0 Å². The summed E-state index contributed by atoms with van der Waals surface area (Å²) in [6.07, 6.45) is 0. The van der Waals surface area contributed by atoms with Gasteiger partial charge in [-0.1, -0.05) is 18.2 Å². The number of aryl methyl sites for hydroxylation is 1. The molecule has 2 aromatic carbocycles. The van der Waals surface area contributed by atoms with Crippen molar-refractivity contribution < 1.29 is 9.52 Å². The van der Waals surface area contributed by atoms with Gasteiger partial charge in [0.25, 0.3) is 0 Å². The molecule has 0 atom stereocenters. The number of nitrogens with zero attached hydrogens (tertiary/aromatic N) is 1. The molecule has 0 amide bonds. The van der Waals surface area contributed by atoms with Crippen molar-refractivity contribution in [1.82, 2.24) is 4.98 Å². The third-order valence-electron chi connectivity index (χ3n) is 3.58. The summed E-state index contributed by atoms with van der Waals surface area (Å²) in [4.78, 5) is 4.50. The second-order valence-electron chi connectivity index (χ2n) is 5.76. The molecule has 21 heavy (non-hydrogen) atoms. The van der Waals surface area contributed by atoms with Crippen LogP contribution < -0.4 is 5.73 Å². The lowest BCUT2D eigenvalue weighted by molar-refractivity contribution is 0.0788. The van der Waals surface area contributed by atoms with E-state index in [2.05, 4.69) is 4.98 Å². The van der Waals surface area contributed by atoms with Gasteiger partial charge in [0.2, 0.25) is 5.89 Å². The van der Waals surface area contributed by atoms with E-state index in [1.165, 1.54) is 0 Å². The number of aromatic nitrogens is 1. The van der Waals surface area contributed by atoms with E-state index in [-0.39, 0.29) is 0 Å². The van der Waals surface area contributed by atoms with E-state index in [0.717, 1.165) is 11.1 Å². The van der Waals surface area contributed by atoms with Gasteiger partial charge in [-0.25, -0.2) is 4.98 Å². The highest BCUT2D eigenvalue weighted by Crippen LogP contribution is 2.36. The normalized spacial score (nSPS) is 12.0. The van der Waals surface area contributed by atoms with Crippen LogP contribution in [0, 0.1) is 6.92 Å². The maximum atomic E-state index is 10.3. The average molecular weight is 282 g/mol. The Balaban J connectivity index is 2.26. The molecule has 0 fully saturated rings. The molecule has 0 bridgehead atoms. The first kappa shape index (κ1) is 13.6. The molecule has 3 N–H and O–H groups in total. The lowest BCUT2D eigenvalue weighted by Gasteiger charge is -2.22. The van der Waals surface area contributed by atoms with Gasteiger partial charge in [0.1, 0.15) is 5.52 Å². The van der Waals surface area contributed by atoms with E-state index in [9.17, 15) is 5.11 Å². The Hall–Kier alpha value is -2.33. The Morgan fingerprint density at radius 2 is 1.86 bits per heavy atom. The zero-order chi connectivity index (χ0) is 15.2. The molecule has 0 saturated carbocycles. The fourth-order valence-electron chi connectivity index (χ4n) is 2.76. The molecule has 4 nitrogen and oxygen atoms in total. The highest BCUT2D eigenvalue weighted by molar-refractivity contribution is 5.85. The molecule has 108 valence electrons. The number of nitrogen functional groups attached to an aromatic ring is 1. The van der Waals surface area contributed by atoms with Crippen LogP contribution in [-0.2, 0) is 5.60 Å². The van der Waals surface area contributed by atoms with E-state index in [1.807, 2.05) is 37.3 Å². The number of fused-ring (bicyclic) bond motifs is 1. The van der Waals surface area contributed by atoms with E-state index >= 15 is 0 Å². The highest BCUT2D eigenvalue weighted by Gasteiger charge is 2.25. The monoisotopic (exact) mass is 282 g/mol. The molecule has 4 heteroatoms. The second-order valence-corrected chi connectivity index (χ2v) is 5.76. The number of benzene rings is 2. The van der Waals surface area contributed by atoms with Crippen LogP contribution in [0.25, 0.3) is 22.6 Å². The summed E-state index contributed by atoms with van der Waals surface area (Å²) in [5, 5.41) is 10.3. The number of hydrogen-bond donors (Lipinski definition) is 2. The topological polar surface area (TPSA) is 72.3 Å². The minimum atomic E-state index is -1.03. The molecule has 0 aliphatic carbocycles. The van der Waals surface area contributed by atoms with Crippen molar-refractivity contribution in [3.63, 3.8) is 0 Å². The van der Waals surface area contributed by atoms with Gasteiger partial charge in [-0.2, -0.15) is 0 Å². The molecule has 0 aliphatic rings. The predicted molar refractivity (Wildman–Crippen MR) is 83.8 cm³/mol. The number of nitrogens with two attached hydrogens (primary N) is 1. The van der Waals surface area contributed by atoms with E-state index in [0.29, 0.717) is 28.2 Å². The van der Waals surface area contributed by atoms with Crippen molar-refractivity contribution in [2.75, 3.05) is 5.73 Å². The van der Waals surface area contributed by atoms with Gasteiger partial charge in [0, 0.05) is 22.4 Å². The van der Waals surface area contributed by atoms with Gasteiger partial charge in [-0.15, -0.1) is 0 Å². The summed E-state index contributed by atoms with van der Waals surface area (Å²) in [7, 11) is 0. The molecule has 0 unspecified atom stereocenters. The maximum Gasteiger partial charge on any atom is 0.227 e. The third kappa shape index (κ3) is 2.28. The van der Waals surface area contributed by atoms with Crippen molar-refractivity contribution >= 4 is 16.8 Å². The Morgan fingerprint density at radius 1 is 1.19 bits per heavy atom. The fraction of sp³-hybridized carbons (Fsp3) is 0.235. The predicted octanol–water partition coefficient (Wildman–Crippen LogP) is 3.61. The molecular formula is C17H18N2O2. The zero-order valence-electron chi connectivity index (χ0n) is 12.3. The minimum Gasteiger partial charge on any atom is -0.436 e. The molecule has 3 aromatic rings. The number of aliphatic hydroxyl groups is 1. The van der Waals surface area contributed by atoms with Gasteiger partial charge < -0.3 is 15.3 Å². The van der Waals surface area contributed by atoms with Gasteiger partial charge in [-0.05, 0) is 39.0 Å². The van der Waals surface area contributed by atoms with Gasteiger partial charge >= 0.3 is 0 Å². The minimum absolute atomic E-state index is 0.528. The van der Waals surface area contributed by atoms with E-state index in [4.69, 9.17) is 10.2 Å². The average Bonchev–Trinajstić information content (AvgIpc) is 2.82. The molecule has 1 aromatic heterocycles. The maximum absolute atomic E-state index is 10.3. The van der Waals surface area contributed by atoms with Gasteiger partial charge in [-0.3, -0.25) is 0 Å². The first-order valence-electron chi connectivity index (χ1n) is 6.86. The quantitative estimate of drug-likeness (QED) is 0.704. The van der Waals surface area contributed by atoms with Crippen molar-refractivity contribution in [3.8, 4) is 11.5 Å². The molecular weight excluding hydrogens is 264 g/mol. The van der Waals surface area contributed by atoms with Crippen LogP contribution in [-0.4, -0.2) is 10.1 Å². The number of anilines is 1. The number of oxazole rings is 1. The lowest BCUT2D eigenvalue weighted by atomic mass is 9.91. The lowest BCUT2D eigenvalue weighted by Crippen LogP contribution is -2.19. The summed E-state index contributed by atoms with van der Waals surface area (Å²) >= 11 is 0. The largest absolute Gasteiger partial charge is 0.436 e. The van der Waals surface area contributed by atoms with Gasteiger partial charge in [0.05, 0.1) is 5.60 Å². The summed E-state index contributed by atoms with van der Waals surface area (Å²) in [6.45, 7) is 5.32. The van der Waals surface area contributed by atoms with Crippen LogP contribution in [0.1, 0.15) is 25.0 Å². The van der Waals surface area contributed by atoms with E-state index < -0.39 is 5.60 Å². The first-order valence-corrected chi connectivity index (χ1v) is 6.86. The van der Waals surface area contributed by atoms with Crippen molar-refractivity contribution in [3.05, 3.63) is 47.5 Å². The Morgan fingerprint density at radius 3 is 2.48 bits per heavy atom. The molecule has 0 radical (unpaired) electrons. The van der Waals surface area contributed by atoms with Crippen LogP contribution in [0.4, 0.5) is 5.69 Å². The van der Waals surface area contributed by atoms with Crippen molar-refractivity contribution in [1.29, 1.82) is 0 Å². The fourth-order valence-corrected chi connectivity index (χ4v) is 2.76. The van der Waals surface area contributed by atoms with Crippen molar-refractivity contribution in [2.24, 2.45) is 0 Å². The van der Waals surface area contributed by atoms with Crippen LogP contribution in [0.5, 0.6) is 0 Å². The van der Waals surface area contributed by atoms with Crippen LogP contribution in [0.2, 0.25) is 0 Å². The summed E-state index contributed by atoms with van der Waals surface area (Å²) < 4.78 is 5.90. The van der Waals surface area contributed by atoms with Crippen LogP contribution in [0.3, 0.4) is 0 Å². The molecule has 0 spiro atoms. The summed E-state index contributed by atoms with van der Waals surface area (Å²) in [5.41, 5.74) is 9.38. The molecule has 0 aliphatic heterocycles. The molecule has 0 saturated heterocycles. The Kier molecular flexibility index (Phi) is 2.99. The van der Waals surface area contributed by atoms with E-state index in [1.54, 1.807) is 19.9 Å². The smallest absolute Gasteiger partial charge is 0.227 e. The summed E-state index contributed by atoms with van der Waals surface area (Å²) in [5.74, 6) is 0.556. The Bertz CT molecular complexity index is 799. The second kappa shape index (κ2) is 4.60. The SMILES string of the molecule is Cc1c(C(C)(C)O)c(N)cc2nc(-c3ccccc3)oc12. The van der Waals surface area contributed by atoms with Gasteiger partial charge in [0.15, 0.2) is 5.58 Å². The molecule has 1 heterocycles. The summed E-state index contributed by atoms with van der Waals surface area (Å²) in [6, 6.07) is 11.5. The standard InChI is InChI=1S/C17H18N2O2/c1-10-14(17(2,3)20)12(18)9-13-15(10)21-16(19-13)11-7-5-4-6-8-11/h4-9,20H,18H2,1-3H3. The molecule has 3 rings (SSSR count). The number of hydrogen-bond acceptors (Lipinski definition) is 4. The highest BCUT2D eigenvalue weighted by atomic mass is 16.3. The Labute approximate surface area is 123 Å². The van der Waals surface area contributed by atoms with Crippen LogP contribution in [0.15, 0.2) is 40.8 Å².